The number of halogens is 1. The van der Waals surface area contributed by atoms with E-state index in [1.54, 1.807) is 36.3 Å². The molecule has 0 radical (unpaired) electrons. The van der Waals surface area contributed by atoms with Crippen molar-refractivity contribution in [1.82, 2.24) is 4.90 Å². The number of aliphatic hydroxyl groups excluding tert-OH is 1. The summed E-state index contributed by atoms with van der Waals surface area (Å²) < 4.78 is 23.5. The van der Waals surface area contributed by atoms with Gasteiger partial charge >= 0.3 is 0 Å². The molecule has 0 unspecified atom stereocenters. The summed E-state index contributed by atoms with van der Waals surface area (Å²) in [5.74, 6) is 0.144. The number of furan rings is 1. The van der Waals surface area contributed by atoms with Crippen LogP contribution in [0.1, 0.15) is 34.3 Å². The number of rotatable bonds is 4. The standard InChI is InChI=1S/C17H18FNO4/c1-22-10-14-6-7-16(23-14)17(21)19-9-13(20)8-15(19)11-2-4-12(18)5-3-11/h2-7,13,15,20H,8-10H2,1H3/t13-,15-/m0/s1. The number of carbonyl (C=O) groups is 1. The Morgan fingerprint density at radius 3 is 2.78 bits per heavy atom. The lowest BCUT2D eigenvalue weighted by Crippen LogP contribution is -2.31. The third-order valence-electron chi connectivity index (χ3n) is 3.95. The SMILES string of the molecule is COCc1ccc(C(=O)N2C[C@@H](O)C[C@H]2c2ccc(F)cc2)o1. The summed E-state index contributed by atoms with van der Waals surface area (Å²) >= 11 is 0. The van der Waals surface area contributed by atoms with Crippen LogP contribution in [-0.2, 0) is 11.3 Å². The zero-order chi connectivity index (χ0) is 16.4. The number of likely N-dealkylation sites (tertiary alicyclic amines) is 1. The number of hydrogen-bond acceptors (Lipinski definition) is 4. The van der Waals surface area contributed by atoms with E-state index in [2.05, 4.69) is 0 Å². The number of benzene rings is 1. The Balaban J connectivity index is 1.83. The van der Waals surface area contributed by atoms with Gasteiger partial charge in [-0.2, -0.15) is 0 Å². The van der Waals surface area contributed by atoms with Crippen molar-refractivity contribution in [2.75, 3.05) is 13.7 Å². The lowest BCUT2D eigenvalue weighted by molar-refractivity contribution is 0.0676. The topological polar surface area (TPSA) is 62.9 Å². The number of methoxy groups -OCH3 is 1. The maximum atomic E-state index is 13.1. The van der Waals surface area contributed by atoms with E-state index in [-0.39, 0.29) is 36.7 Å². The molecule has 3 rings (SSSR count). The summed E-state index contributed by atoms with van der Waals surface area (Å²) in [6, 6.07) is 8.97. The van der Waals surface area contributed by atoms with Gasteiger partial charge in [0.1, 0.15) is 18.2 Å². The first kappa shape index (κ1) is 15.7. The van der Waals surface area contributed by atoms with Crippen molar-refractivity contribution < 1.29 is 23.4 Å². The molecule has 1 aliphatic rings. The van der Waals surface area contributed by atoms with Gasteiger partial charge in [0.25, 0.3) is 5.91 Å². The van der Waals surface area contributed by atoms with Crippen LogP contribution in [0.4, 0.5) is 4.39 Å². The van der Waals surface area contributed by atoms with Crippen molar-refractivity contribution in [2.45, 2.75) is 25.2 Å². The molecule has 122 valence electrons. The highest BCUT2D eigenvalue weighted by Crippen LogP contribution is 2.33. The normalized spacial score (nSPS) is 20.9. The molecule has 1 amide bonds. The Morgan fingerprint density at radius 2 is 2.09 bits per heavy atom. The molecule has 1 N–H and O–H groups in total. The Bertz CT molecular complexity index is 682. The third-order valence-corrected chi connectivity index (χ3v) is 3.95. The highest BCUT2D eigenvalue weighted by Gasteiger charge is 2.36. The van der Waals surface area contributed by atoms with Crippen LogP contribution in [0.2, 0.25) is 0 Å². The first-order valence-corrected chi connectivity index (χ1v) is 7.40. The van der Waals surface area contributed by atoms with Crippen molar-refractivity contribution in [1.29, 1.82) is 0 Å². The Labute approximate surface area is 133 Å². The van der Waals surface area contributed by atoms with Crippen molar-refractivity contribution in [3.05, 3.63) is 59.3 Å². The number of nitrogens with zero attached hydrogens (tertiary/aromatic N) is 1. The van der Waals surface area contributed by atoms with Gasteiger partial charge in [-0.05, 0) is 36.2 Å². The average molecular weight is 319 g/mol. The predicted molar refractivity (Wildman–Crippen MR) is 80.2 cm³/mol. The van der Waals surface area contributed by atoms with E-state index >= 15 is 0 Å². The van der Waals surface area contributed by atoms with Gasteiger partial charge in [-0.25, -0.2) is 4.39 Å². The molecule has 1 saturated heterocycles. The second-order valence-corrected chi connectivity index (χ2v) is 5.61. The number of β-amino-alcohol motifs (C(OH)–C–C–N with tert-alkyl or cyclic N) is 1. The molecule has 0 aliphatic carbocycles. The summed E-state index contributed by atoms with van der Waals surface area (Å²) in [5, 5.41) is 9.95. The lowest BCUT2D eigenvalue weighted by atomic mass is 10.0. The smallest absolute Gasteiger partial charge is 0.290 e. The molecule has 1 aromatic heterocycles. The van der Waals surface area contributed by atoms with Gasteiger partial charge in [-0.15, -0.1) is 0 Å². The van der Waals surface area contributed by atoms with Gasteiger partial charge in [-0.1, -0.05) is 12.1 Å². The molecular weight excluding hydrogens is 301 g/mol. The van der Waals surface area contributed by atoms with E-state index in [1.165, 1.54) is 12.1 Å². The molecule has 0 bridgehead atoms. The van der Waals surface area contributed by atoms with Crippen LogP contribution < -0.4 is 0 Å². The Hall–Kier alpha value is -2.18. The first-order valence-electron chi connectivity index (χ1n) is 7.40. The molecule has 5 nitrogen and oxygen atoms in total. The van der Waals surface area contributed by atoms with Crippen molar-refractivity contribution in [3.63, 3.8) is 0 Å². The van der Waals surface area contributed by atoms with Crippen LogP contribution in [0.25, 0.3) is 0 Å². The maximum Gasteiger partial charge on any atom is 0.290 e. The van der Waals surface area contributed by atoms with Crippen LogP contribution in [0, 0.1) is 5.82 Å². The molecule has 1 fully saturated rings. The highest BCUT2D eigenvalue weighted by atomic mass is 19.1. The molecular formula is C17H18FNO4. The number of amides is 1. The van der Waals surface area contributed by atoms with E-state index in [0.29, 0.717) is 12.2 Å². The molecule has 2 heterocycles. The van der Waals surface area contributed by atoms with Crippen LogP contribution in [0.3, 0.4) is 0 Å². The van der Waals surface area contributed by atoms with Gasteiger partial charge in [0.05, 0.1) is 12.1 Å². The summed E-state index contributed by atoms with van der Waals surface area (Å²) in [4.78, 5) is 14.2. The fourth-order valence-corrected chi connectivity index (χ4v) is 2.89. The number of aliphatic hydroxyl groups is 1. The van der Waals surface area contributed by atoms with Gasteiger partial charge in [0.2, 0.25) is 0 Å². The van der Waals surface area contributed by atoms with Gasteiger partial charge in [0, 0.05) is 13.7 Å². The number of hydrogen-bond donors (Lipinski definition) is 1. The minimum Gasteiger partial charge on any atom is -0.453 e. The molecule has 2 aromatic rings. The third kappa shape index (κ3) is 3.28. The summed E-state index contributed by atoms with van der Waals surface area (Å²) in [7, 11) is 1.55. The van der Waals surface area contributed by atoms with Crippen LogP contribution in [-0.4, -0.2) is 35.7 Å². The van der Waals surface area contributed by atoms with Crippen LogP contribution >= 0.6 is 0 Å². The molecule has 0 saturated carbocycles. The Morgan fingerprint density at radius 1 is 1.35 bits per heavy atom. The van der Waals surface area contributed by atoms with Gasteiger partial charge in [0.15, 0.2) is 5.76 Å². The van der Waals surface area contributed by atoms with E-state index in [0.717, 1.165) is 5.56 Å². The van der Waals surface area contributed by atoms with E-state index < -0.39 is 6.10 Å². The van der Waals surface area contributed by atoms with E-state index in [1.807, 2.05) is 0 Å². The monoisotopic (exact) mass is 319 g/mol. The lowest BCUT2D eigenvalue weighted by Gasteiger charge is -2.23. The number of carbonyl (C=O) groups excluding carboxylic acids is 1. The zero-order valence-corrected chi connectivity index (χ0v) is 12.7. The molecule has 6 heteroatoms. The fourth-order valence-electron chi connectivity index (χ4n) is 2.89. The van der Waals surface area contributed by atoms with Crippen LogP contribution in [0.5, 0.6) is 0 Å². The maximum absolute atomic E-state index is 13.1. The van der Waals surface area contributed by atoms with Crippen LogP contribution in [0.15, 0.2) is 40.8 Å². The second kappa shape index (κ2) is 6.52. The van der Waals surface area contributed by atoms with Crippen molar-refractivity contribution in [3.8, 4) is 0 Å². The quantitative estimate of drug-likeness (QED) is 0.940. The summed E-state index contributed by atoms with van der Waals surface area (Å²) in [6.07, 6.45) is -0.189. The summed E-state index contributed by atoms with van der Waals surface area (Å²) in [6.45, 7) is 0.512. The molecule has 1 aliphatic heterocycles. The molecule has 0 spiro atoms. The van der Waals surface area contributed by atoms with Crippen molar-refractivity contribution >= 4 is 5.91 Å². The Kier molecular flexibility index (Phi) is 4.45. The molecule has 2 atom stereocenters. The zero-order valence-electron chi connectivity index (χ0n) is 12.7. The minimum atomic E-state index is -0.609. The average Bonchev–Trinajstić information content (AvgIpc) is 3.15. The predicted octanol–water partition coefficient (Wildman–Crippen LogP) is 2.51. The van der Waals surface area contributed by atoms with Gasteiger partial charge in [-0.3, -0.25) is 4.79 Å². The highest BCUT2D eigenvalue weighted by molar-refractivity contribution is 5.92. The van der Waals surface area contributed by atoms with E-state index in [4.69, 9.17) is 9.15 Å². The second-order valence-electron chi connectivity index (χ2n) is 5.61. The van der Waals surface area contributed by atoms with Gasteiger partial charge < -0.3 is 19.2 Å². The fraction of sp³-hybridized carbons (Fsp3) is 0.353. The largest absolute Gasteiger partial charge is 0.453 e. The first-order chi connectivity index (χ1) is 11.1. The van der Waals surface area contributed by atoms with E-state index in [9.17, 15) is 14.3 Å². The minimum absolute atomic E-state index is 0.207. The summed E-state index contributed by atoms with van der Waals surface area (Å²) in [5.41, 5.74) is 0.792. The molecule has 23 heavy (non-hydrogen) atoms. The molecule has 1 aromatic carbocycles. The number of ether oxygens (including phenoxy) is 1. The van der Waals surface area contributed by atoms with Crippen molar-refractivity contribution in [2.24, 2.45) is 0 Å².